The summed E-state index contributed by atoms with van der Waals surface area (Å²) in [6.45, 7) is 1.82. The van der Waals surface area contributed by atoms with E-state index in [4.69, 9.17) is 0 Å². The van der Waals surface area contributed by atoms with Crippen molar-refractivity contribution in [3.63, 3.8) is 0 Å². The molecule has 0 radical (unpaired) electrons. The van der Waals surface area contributed by atoms with Crippen LogP contribution in [0.5, 0.6) is 0 Å². The van der Waals surface area contributed by atoms with Crippen LogP contribution in [0.4, 0.5) is 0 Å². The summed E-state index contributed by atoms with van der Waals surface area (Å²) in [6, 6.07) is 5.15. The van der Waals surface area contributed by atoms with Gasteiger partial charge in [0.25, 0.3) is 5.91 Å². The monoisotopic (exact) mass is 311 g/mol. The Morgan fingerprint density at radius 1 is 1.45 bits per heavy atom. The van der Waals surface area contributed by atoms with Crippen molar-refractivity contribution in [2.45, 2.75) is 44.3 Å². The lowest BCUT2D eigenvalue weighted by Gasteiger charge is -2.21. The van der Waals surface area contributed by atoms with Crippen molar-refractivity contribution >= 4 is 27.3 Å². The number of hydrogen-bond acceptors (Lipinski definition) is 4. The molecule has 0 saturated carbocycles. The highest BCUT2D eigenvalue weighted by Crippen LogP contribution is 2.29. The molecule has 4 rings (SSSR count). The largest absolute Gasteiger partial charge is 0.346 e. The fourth-order valence-electron chi connectivity index (χ4n) is 3.48. The highest BCUT2D eigenvalue weighted by Gasteiger charge is 2.39. The molecule has 0 spiro atoms. The molecule has 2 aromatic rings. The minimum Gasteiger partial charge on any atom is -0.346 e. The Kier molecular flexibility index (Phi) is 3.36. The van der Waals surface area contributed by atoms with Gasteiger partial charge in [-0.3, -0.25) is 4.79 Å². The van der Waals surface area contributed by atoms with Gasteiger partial charge in [-0.1, -0.05) is 5.92 Å². The van der Waals surface area contributed by atoms with Gasteiger partial charge in [0.1, 0.15) is 5.69 Å². The van der Waals surface area contributed by atoms with E-state index in [1.165, 1.54) is 6.42 Å². The summed E-state index contributed by atoms with van der Waals surface area (Å²) in [5.74, 6) is 5.88. The summed E-state index contributed by atoms with van der Waals surface area (Å²) in [4.78, 5) is 17.7. The number of thiophene rings is 1. The molecule has 2 aliphatic heterocycles. The van der Waals surface area contributed by atoms with E-state index in [2.05, 4.69) is 27.5 Å². The van der Waals surface area contributed by atoms with Crippen molar-refractivity contribution in [3.05, 3.63) is 28.9 Å². The maximum Gasteiger partial charge on any atom is 0.270 e. The molecule has 2 aliphatic rings. The Balaban J connectivity index is 1.54. The lowest BCUT2D eigenvalue weighted by atomic mass is 9.95. The molecule has 1 amide bonds. The number of nitrogens with zero attached hydrogens (tertiary/aromatic N) is 1. The van der Waals surface area contributed by atoms with Crippen molar-refractivity contribution in [1.29, 1.82) is 0 Å². The van der Waals surface area contributed by atoms with Gasteiger partial charge in [0.05, 0.1) is 9.58 Å². The molecule has 0 unspecified atom stereocenters. The molecule has 2 fully saturated rings. The van der Waals surface area contributed by atoms with E-state index in [-0.39, 0.29) is 11.9 Å². The molecular formula is C17H17N3OS. The minimum atomic E-state index is -0.0735. The molecule has 0 aliphatic carbocycles. The summed E-state index contributed by atoms with van der Waals surface area (Å²) in [5, 5.41) is 7.70. The van der Waals surface area contributed by atoms with Gasteiger partial charge in [-0.25, -0.2) is 4.98 Å². The molecule has 2 aromatic heterocycles. The van der Waals surface area contributed by atoms with Crippen LogP contribution in [-0.2, 0) is 0 Å². The third-order valence-electron chi connectivity index (χ3n) is 4.50. The first kappa shape index (κ1) is 13.7. The molecule has 4 nitrogen and oxygen atoms in total. The highest BCUT2D eigenvalue weighted by atomic mass is 32.1. The van der Waals surface area contributed by atoms with Crippen LogP contribution in [0.25, 0.3) is 10.1 Å². The first-order valence-electron chi connectivity index (χ1n) is 7.62. The second kappa shape index (κ2) is 5.38. The third-order valence-corrected chi connectivity index (χ3v) is 5.50. The van der Waals surface area contributed by atoms with Gasteiger partial charge in [-0.2, -0.15) is 0 Å². The van der Waals surface area contributed by atoms with E-state index in [1.54, 1.807) is 17.5 Å². The molecule has 4 heterocycles. The van der Waals surface area contributed by atoms with Gasteiger partial charge in [0.2, 0.25) is 0 Å². The predicted molar refractivity (Wildman–Crippen MR) is 88.0 cm³/mol. The predicted octanol–water partition coefficient (Wildman–Crippen LogP) is 2.29. The normalized spacial score (nSPS) is 26.0. The Hall–Kier alpha value is -1.90. The zero-order valence-corrected chi connectivity index (χ0v) is 13.2. The van der Waals surface area contributed by atoms with Crippen LogP contribution in [0.1, 0.15) is 41.6 Å². The van der Waals surface area contributed by atoms with Gasteiger partial charge < -0.3 is 10.6 Å². The number of hydrogen-bond donors (Lipinski definition) is 2. The van der Waals surface area contributed by atoms with Crippen LogP contribution < -0.4 is 10.6 Å². The lowest BCUT2D eigenvalue weighted by molar-refractivity contribution is 0.0926. The Labute approximate surface area is 133 Å². The van der Waals surface area contributed by atoms with Crippen LogP contribution >= 0.6 is 11.3 Å². The zero-order valence-electron chi connectivity index (χ0n) is 12.3. The molecular weight excluding hydrogens is 294 g/mol. The lowest BCUT2D eigenvalue weighted by Crippen LogP contribution is -2.43. The van der Waals surface area contributed by atoms with E-state index < -0.39 is 0 Å². The quantitative estimate of drug-likeness (QED) is 0.837. The van der Waals surface area contributed by atoms with Gasteiger partial charge in [-0.15, -0.1) is 17.3 Å². The summed E-state index contributed by atoms with van der Waals surface area (Å²) < 4.78 is 1.07. The molecule has 22 heavy (non-hydrogen) atoms. The molecule has 112 valence electrons. The summed E-state index contributed by atoms with van der Waals surface area (Å²) in [7, 11) is 0. The molecule has 5 heteroatoms. The van der Waals surface area contributed by atoms with Gasteiger partial charge in [0, 0.05) is 24.3 Å². The molecule has 2 bridgehead atoms. The number of pyridine rings is 1. The van der Waals surface area contributed by atoms with Gasteiger partial charge in [-0.05, 0) is 43.7 Å². The molecule has 0 aromatic carbocycles. The second-order valence-corrected chi connectivity index (χ2v) is 7.04. The average Bonchev–Trinajstić information content (AvgIpc) is 3.20. The Morgan fingerprint density at radius 3 is 3.09 bits per heavy atom. The molecule has 2 N–H and O–H groups in total. The van der Waals surface area contributed by atoms with Crippen LogP contribution in [0.2, 0.25) is 0 Å². The van der Waals surface area contributed by atoms with Crippen molar-refractivity contribution in [2.24, 2.45) is 0 Å². The first-order valence-corrected chi connectivity index (χ1v) is 8.44. The maximum atomic E-state index is 12.4. The van der Waals surface area contributed by atoms with Crippen molar-refractivity contribution in [3.8, 4) is 11.8 Å². The number of nitrogens with one attached hydrogen (secondary N) is 2. The topological polar surface area (TPSA) is 54.0 Å². The minimum absolute atomic E-state index is 0.0735. The van der Waals surface area contributed by atoms with E-state index in [0.29, 0.717) is 17.8 Å². The number of aromatic nitrogens is 1. The molecule has 3 atom stereocenters. The van der Waals surface area contributed by atoms with Crippen molar-refractivity contribution in [2.75, 3.05) is 0 Å². The Morgan fingerprint density at radius 2 is 2.36 bits per heavy atom. The van der Waals surface area contributed by atoms with Gasteiger partial charge in [0.15, 0.2) is 0 Å². The summed E-state index contributed by atoms with van der Waals surface area (Å²) in [5.41, 5.74) is 0.490. The van der Waals surface area contributed by atoms with Crippen molar-refractivity contribution in [1.82, 2.24) is 15.6 Å². The van der Waals surface area contributed by atoms with E-state index >= 15 is 0 Å². The fourth-order valence-corrected chi connectivity index (χ4v) is 4.40. The highest BCUT2D eigenvalue weighted by molar-refractivity contribution is 7.19. The second-order valence-electron chi connectivity index (χ2n) is 5.96. The summed E-state index contributed by atoms with van der Waals surface area (Å²) in [6.07, 6.45) is 5.20. The van der Waals surface area contributed by atoms with Crippen molar-refractivity contribution < 1.29 is 4.79 Å². The zero-order chi connectivity index (χ0) is 15.1. The number of carbonyl (C=O) groups excluding carboxylic acids is 1. The van der Waals surface area contributed by atoms with E-state index in [1.807, 2.05) is 19.1 Å². The number of rotatable bonds is 2. The van der Waals surface area contributed by atoms with Crippen LogP contribution in [-0.4, -0.2) is 29.0 Å². The van der Waals surface area contributed by atoms with Gasteiger partial charge >= 0.3 is 0 Å². The standard InChI is InChI=1S/C17H17N3OS/c1-2-3-12-6-10-7-15(18-9-16(10)22-12)17(21)20-14-8-11-4-5-13(14)19-11/h6-7,9,11,13-14,19H,4-5,8H2,1H3,(H,20,21)/t11-,13+,14-/m1/s1. The van der Waals surface area contributed by atoms with Crippen LogP contribution in [0.15, 0.2) is 18.3 Å². The van der Waals surface area contributed by atoms with Crippen LogP contribution in [0.3, 0.4) is 0 Å². The van der Waals surface area contributed by atoms with Crippen LogP contribution in [0, 0.1) is 11.8 Å². The van der Waals surface area contributed by atoms with E-state index in [0.717, 1.165) is 27.8 Å². The fraction of sp³-hybridized carbons (Fsp3) is 0.412. The Bertz CT molecular complexity index is 801. The first-order chi connectivity index (χ1) is 10.7. The third kappa shape index (κ3) is 2.39. The average molecular weight is 311 g/mol. The SMILES string of the molecule is CC#Cc1cc2cc(C(=O)N[C@@H]3C[C@H]4CC[C@@H]3N4)ncc2s1. The number of carbonyl (C=O) groups is 1. The number of fused-ring (bicyclic) bond motifs is 3. The summed E-state index contributed by atoms with van der Waals surface area (Å²) >= 11 is 1.61. The maximum absolute atomic E-state index is 12.4. The number of amides is 1. The van der Waals surface area contributed by atoms with E-state index in [9.17, 15) is 4.79 Å². The smallest absolute Gasteiger partial charge is 0.270 e. The molecule has 2 saturated heterocycles.